The van der Waals surface area contributed by atoms with E-state index in [9.17, 15) is 0 Å². The Hall–Kier alpha value is -1.82. The molecule has 0 spiro atoms. The summed E-state index contributed by atoms with van der Waals surface area (Å²) in [7, 11) is 0. The third-order valence-electron chi connectivity index (χ3n) is 3.27. The summed E-state index contributed by atoms with van der Waals surface area (Å²) < 4.78 is 0. The van der Waals surface area contributed by atoms with E-state index in [1.165, 1.54) is 26.4 Å². The fourth-order valence-corrected chi connectivity index (χ4v) is 2.38. The smallest absolute Gasteiger partial charge is 0.0106 e. The van der Waals surface area contributed by atoms with Gasteiger partial charge in [-0.2, -0.15) is 0 Å². The molecule has 0 nitrogen and oxygen atoms in total. The van der Waals surface area contributed by atoms with Crippen molar-refractivity contribution in [2.75, 3.05) is 0 Å². The van der Waals surface area contributed by atoms with Crippen LogP contribution in [-0.4, -0.2) is 0 Å². The second kappa shape index (κ2) is 3.64. The monoisotopic (exact) mass is 206 g/mol. The lowest BCUT2D eigenvalue weighted by Gasteiger charge is -1.94. The predicted molar refractivity (Wildman–Crippen MR) is 68.0 cm³/mol. The summed E-state index contributed by atoms with van der Waals surface area (Å²) >= 11 is 0. The third-order valence-corrected chi connectivity index (χ3v) is 3.27. The maximum Gasteiger partial charge on any atom is -0.0106 e. The lowest BCUT2D eigenvalue weighted by Crippen LogP contribution is -2.07. The van der Waals surface area contributed by atoms with E-state index in [0.29, 0.717) is 0 Å². The minimum Gasteiger partial charge on any atom is -0.0726 e. The zero-order valence-electron chi connectivity index (χ0n) is 9.40. The van der Waals surface area contributed by atoms with Crippen LogP contribution >= 0.6 is 0 Å². The Morgan fingerprint density at radius 2 is 1.38 bits per heavy atom. The molecule has 0 bridgehead atoms. The van der Waals surface area contributed by atoms with E-state index < -0.39 is 0 Å². The fraction of sp³-hybridized carbons (Fsp3) is 0.125. The van der Waals surface area contributed by atoms with E-state index in [-0.39, 0.29) is 0 Å². The van der Waals surface area contributed by atoms with Gasteiger partial charge >= 0.3 is 0 Å². The number of hydrogen-bond donors (Lipinski definition) is 0. The molecular weight excluding hydrogens is 192 g/mol. The minimum atomic E-state index is 1.05. The van der Waals surface area contributed by atoms with E-state index in [4.69, 9.17) is 0 Å². The molecule has 16 heavy (non-hydrogen) atoms. The summed E-state index contributed by atoms with van der Waals surface area (Å²) in [4.78, 5) is 0. The fourth-order valence-electron chi connectivity index (χ4n) is 2.38. The summed E-state index contributed by atoms with van der Waals surface area (Å²) in [6.45, 7) is 2.22. The van der Waals surface area contributed by atoms with Gasteiger partial charge in [-0.1, -0.05) is 60.2 Å². The molecule has 0 radical (unpaired) electrons. The number of fused-ring (bicyclic) bond motifs is 2. The van der Waals surface area contributed by atoms with Gasteiger partial charge in [0.25, 0.3) is 0 Å². The Labute approximate surface area is 94.9 Å². The standard InChI is InChI=1S/C16H14/c1-12-10-11-13-6-2-3-8-15(13)16-9-5-4-7-14(12)16/h2-9,11H,10H2,1H3. The lowest BCUT2D eigenvalue weighted by molar-refractivity contribution is 1.37. The average molecular weight is 206 g/mol. The van der Waals surface area contributed by atoms with E-state index in [1.54, 1.807) is 0 Å². The SMILES string of the molecule is CC1=c2ccccc2=c2ccccc2=CC1. The first kappa shape index (κ1) is 9.41. The van der Waals surface area contributed by atoms with Gasteiger partial charge in [0, 0.05) is 0 Å². The molecule has 3 rings (SSSR count). The van der Waals surface area contributed by atoms with Crippen molar-refractivity contribution in [3.05, 3.63) is 69.4 Å². The van der Waals surface area contributed by atoms with Gasteiger partial charge in [-0.15, -0.1) is 0 Å². The van der Waals surface area contributed by atoms with Gasteiger partial charge in [0.05, 0.1) is 0 Å². The lowest BCUT2D eigenvalue weighted by atomic mass is 10.1. The van der Waals surface area contributed by atoms with Gasteiger partial charge in [0.15, 0.2) is 0 Å². The highest BCUT2D eigenvalue weighted by Crippen LogP contribution is 2.03. The molecule has 0 saturated heterocycles. The summed E-state index contributed by atoms with van der Waals surface area (Å²) in [5, 5.41) is 5.47. The molecule has 2 aromatic rings. The number of rotatable bonds is 0. The van der Waals surface area contributed by atoms with Crippen LogP contribution in [0.2, 0.25) is 0 Å². The molecule has 0 aliphatic heterocycles. The zero-order chi connectivity index (χ0) is 11.0. The molecule has 78 valence electrons. The molecule has 2 aromatic carbocycles. The largest absolute Gasteiger partial charge is 0.0726 e. The Bertz CT molecular complexity index is 736. The van der Waals surface area contributed by atoms with E-state index >= 15 is 0 Å². The van der Waals surface area contributed by atoms with Crippen molar-refractivity contribution in [1.82, 2.24) is 0 Å². The van der Waals surface area contributed by atoms with Crippen LogP contribution in [0.5, 0.6) is 0 Å². The van der Waals surface area contributed by atoms with Gasteiger partial charge in [-0.25, -0.2) is 0 Å². The second-order valence-electron chi connectivity index (χ2n) is 4.32. The highest BCUT2D eigenvalue weighted by molar-refractivity contribution is 5.53. The molecule has 0 fully saturated rings. The van der Waals surface area contributed by atoms with Crippen molar-refractivity contribution >= 4 is 11.6 Å². The summed E-state index contributed by atoms with van der Waals surface area (Å²) in [6, 6.07) is 17.3. The van der Waals surface area contributed by atoms with Gasteiger partial charge < -0.3 is 0 Å². The Kier molecular flexibility index (Phi) is 2.14. The van der Waals surface area contributed by atoms with Crippen LogP contribution in [0.4, 0.5) is 0 Å². The summed E-state index contributed by atoms with van der Waals surface area (Å²) in [6.07, 6.45) is 3.37. The normalized spacial score (nSPS) is 13.4. The Morgan fingerprint density at radius 3 is 2.19 bits per heavy atom. The van der Waals surface area contributed by atoms with Crippen molar-refractivity contribution in [1.29, 1.82) is 0 Å². The molecule has 0 unspecified atom stereocenters. The van der Waals surface area contributed by atoms with E-state index in [0.717, 1.165) is 6.42 Å². The van der Waals surface area contributed by atoms with Crippen LogP contribution in [0.15, 0.2) is 48.5 Å². The molecule has 0 atom stereocenters. The van der Waals surface area contributed by atoms with Crippen molar-refractivity contribution in [3.63, 3.8) is 0 Å². The van der Waals surface area contributed by atoms with Crippen molar-refractivity contribution in [3.8, 4) is 0 Å². The first-order chi connectivity index (χ1) is 7.86. The summed E-state index contributed by atoms with van der Waals surface area (Å²) in [5.41, 5.74) is 1.45. The molecular formula is C16H14. The quantitative estimate of drug-likeness (QED) is 0.620. The number of hydrogen-bond acceptors (Lipinski definition) is 0. The Balaban J connectivity index is 2.75. The average Bonchev–Trinajstić information content (AvgIpc) is 2.49. The van der Waals surface area contributed by atoms with Crippen LogP contribution in [0.1, 0.15) is 13.3 Å². The first-order valence-corrected chi connectivity index (χ1v) is 5.71. The molecule has 1 aliphatic carbocycles. The molecule has 0 heteroatoms. The minimum absolute atomic E-state index is 1.05. The van der Waals surface area contributed by atoms with Gasteiger partial charge in [0.2, 0.25) is 0 Å². The van der Waals surface area contributed by atoms with E-state index in [1.807, 2.05) is 0 Å². The molecule has 0 N–H and O–H groups in total. The van der Waals surface area contributed by atoms with Crippen LogP contribution < -0.4 is 10.4 Å². The first-order valence-electron chi connectivity index (χ1n) is 5.71. The Morgan fingerprint density at radius 1 is 0.750 bits per heavy atom. The second-order valence-corrected chi connectivity index (χ2v) is 4.32. The van der Waals surface area contributed by atoms with Gasteiger partial charge in [-0.3, -0.25) is 0 Å². The highest BCUT2D eigenvalue weighted by Gasteiger charge is 1.97. The van der Waals surface area contributed by atoms with E-state index in [2.05, 4.69) is 61.5 Å². The van der Waals surface area contributed by atoms with Crippen molar-refractivity contribution in [2.24, 2.45) is 0 Å². The molecule has 0 saturated carbocycles. The third kappa shape index (κ3) is 1.38. The van der Waals surface area contributed by atoms with Crippen molar-refractivity contribution < 1.29 is 0 Å². The van der Waals surface area contributed by atoms with Crippen LogP contribution in [0, 0.1) is 10.4 Å². The van der Waals surface area contributed by atoms with Crippen LogP contribution in [0.25, 0.3) is 11.6 Å². The van der Waals surface area contributed by atoms with Crippen LogP contribution in [-0.2, 0) is 0 Å². The summed E-state index contributed by atoms with van der Waals surface area (Å²) in [5.74, 6) is 0. The maximum absolute atomic E-state index is 2.32. The highest BCUT2D eigenvalue weighted by atomic mass is 14.0. The van der Waals surface area contributed by atoms with Gasteiger partial charge in [0.1, 0.15) is 0 Å². The number of benzene rings is 2. The molecule has 0 amide bonds. The predicted octanol–water partition coefficient (Wildman–Crippen LogP) is 2.33. The topological polar surface area (TPSA) is 0 Å². The molecule has 0 heterocycles. The zero-order valence-corrected chi connectivity index (χ0v) is 9.40. The van der Waals surface area contributed by atoms with Crippen LogP contribution in [0.3, 0.4) is 0 Å². The van der Waals surface area contributed by atoms with Gasteiger partial charge in [-0.05, 0) is 34.2 Å². The molecule has 1 aliphatic rings. The van der Waals surface area contributed by atoms with Crippen molar-refractivity contribution in [2.45, 2.75) is 13.3 Å². The molecule has 0 aromatic heterocycles. The maximum atomic E-state index is 2.32.